The Morgan fingerprint density at radius 1 is 0.736 bits per heavy atom. The molecule has 8 nitrogen and oxygen atoms in total. The van der Waals surface area contributed by atoms with Crippen molar-refractivity contribution >= 4 is 12.1 Å². The molecular formula is C64H102N2O6. The predicted molar refractivity (Wildman–Crippen MR) is 295 cm³/mol. The lowest BCUT2D eigenvalue weighted by Crippen LogP contribution is -2.51. The van der Waals surface area contributed by atoms with E-state index in [9.17, 15) is 9.59 Å². The van der Waals surface area contributed by atoms with Crippen molar-refractivity contribution in [3.8, 4) is 0 Å². The number of hydrogen-bond donors (Lipinski definition) is 1. The maximum Gasteiger partial charge on any atom is 0.408 e. The third-order valence-electron chi connectivity index (χ3n) is 19.0. The van der Waals surface area contributed by atoms with Gasteiger partial charge in [0.05, 0.1) is 19.3 Å². The summed E-state index contributed by atoms with van der Waals surface area (Å²) in [4.78, 5) is 30.1. The molecule has 1 aromatic rings. The predicted octanol–water partition coefficient (Wildman–Crippen LogP) is 15.3. The van der Waals surface area contributed by atoms with Gasteiger partial charge in [-0.1, -0.05) is 165 Å². The summed E-state index contributed by atoms with van der Waals surface area (Å²) >= 11 is 0. The summed E-state index contributed by atoms with van der Waals surface area (Å²) in [6.07, 6.45) is 45.3. The molecule has 10 atom stereocenters. The van der Waals surface area contributed by atoms with E-state index < -0.39 is 18.1 Å². The molecule has 1 N–H and O–H groups in total. The van der Waals surface area contributed by atoms with Gasteiger partial charge < -0.3 is 29.2 Å². The number of piperidine rings is 1. The molecule has 404 valence electrons. The molecule has 9 rings (SSSR count). The zero-order chi connectivity index (χ0) is 50.4. The maximum absolute atomic E-state index is 13.8. The SMILES string of the molecule is CC(C)CCC[C@H]1CCCCCC=CCC=CCCCCCCCCOCC(CN2CCCCC2)OCCOC(=O)[C@H](Cc2ccccc2)NC(=O)OC2CC[C@@]3(C)C(=CC[C@@H]4C3CC[C@]3(C)[C@@H]1CC[C@@H]43)C2. The van der Waals surface area contributed by atoms with Gasteiger partial charge in [0, 0.05) is 26.0 Å². The van der Waals surface area contributed by atoms with Crippen LogP contribution in [-0.4, -0.2) is 81.3 Å². The molecule has 0 aromatic heterocycles. The van der Waals surface area contributed by atoms with Crippen LogP contribution in [0.4, 0.5) is 4.79 Å². The molecule has 8 heteroatoms. The van der Waals surface area contributed by atoms with E-state index in [-0.39, 0.29) is 30.8 Å². The van der Waals surface area contributed by atoms with Gasteiger partial charge >= 0.3 is 12.1 Å². The molecule has 4 heterocycles. The maximum atomic E-state index is 13.8. The highest BCUT2D eigenvalue weighted by Crippen LogP contribution is 2.67. The van der Waals surface area contributed by atoms with Crippen LogP contribution >= 0.6 is 0 Å². The second-order valence-electron chi connectivity index (χ2n) is 24.6. The molecule has 3 saturated carbocycles. The highest BCUT2D eigenvalue weighted by atomic mass is 16.6. The molecule has 1 saturated heterocycles. The normalized spacial score (nSPS) is 34.3. The zero-order valence-corrected chi connectivity index (χ0v) is 46.1. The van der Waals surface area contributed by atoms with Crippen molar-refractivity contribution < 1.29 is 28.5 Å². The van der Waals surface area contributed by atoms with Crippen LogP contribution in [0.5, 0.6) is 0 Å². The number of benzene rings is 1. The van der Waals surface area contributed by atoms with Crippen LogP contribution in [0, 0.1) is 46.3 Å². The first kappa shape index (κ1) is 56.8. The van der Waals surface area contributed by atoms with Crippen LogP contribution in [0.3, 0.4) is 0 Å². The van der Waals surface area contributed by atoms with E-state index in [1.165, 1.54) is 147 Å². The summed E-state index contributed by atoms with van der Waals surface area (Å²) in [7, 11) is 0. The molecule has 8 bridgehead atoms. The number of alkyl carbamates (subject to hydrolysis) is 1. The third kappa shape index (κ3) is 17.0. The summed E-state index contributed by atoms with van der Waals surface area (Å²) in [6.45, 7) is 14.8. The summed E-state index contributed by atoms with van der Waals surface area (Å²) in [5.41, 5.74) is 3.07. The molecule has 1 aromatic carbocycles. The number of esters is 1. The summed E-state index contributed by atoms with van der Waals surface area (Å²) < 4.78 is 24.7. The molecule has 1 amide bonds. The van der Waals surface area contributed by atoms with E-state index in [1.54, 1.807) is 0 Å². The summed E-state index contributed by atoms with van der Waals surface area (Å²) in [6, 6.07) is 8.99. The van der Waals surface area contributed by atoms with Gasteiger partial charge in [0.2, 0.25) is 0 Å². The van der Waals surface area contributed by atoms with E-state index in [0.29, 0.717) is 24.4 Å². The van der Waals surface area contributed by atoms with E-state index in [4.69, 9.17) is 18.9 Å². The molecule has 4 aliphatic carbocycles. The van der Waals surface area contributed by atoms with Crippen LogP contribution in [-0.2, 0) is 30.2 Å². The Balaban J connectivity index is 0.989. The highest BCUT2D eigenvalue weighted by molar-refractivity contribution is 5.81. The molecule has 72 heavy (non-hydrogen) atoms. The number of ether oxygens (including phenoxy) is 4. The second kappa shape index (κ2) is 30.0. The number of nitrogens with zero attached hydrogens (tertiary/aromatic N) is 1. The Morgan fingerprint density at radius 3 is 2.24 bits per heavy atom. The Labute approximate surface area is 439 Å². The zero-order valence-electron chi connectivity index (χ0n) is 46.1. The lowest BCUT2D eigenvalue weighted by molar-refractivity contribution is -0.149. The molecule has 0 radical (unpaired) electrons. The number of amides is 1. The Morgan fingerprint density at radius 2 is 1.46 bits per heavy atom. The Hall–Kier alpha value is -2.94. The second-order valence-corrected chi connectivity index (χ2v) is 24.6. The van der Waals surface area contributed by atoms with Crippen molar-refractivity contribution in [2.75, 3.05) is 46.1 Å². The van der Waals surface area contributed by atoms with Gasteiger partial charge in [-0.2, -0.15) is 0 Å². The molecule has 8 aliphatic rings. The lowest BCUT2D eigenvalue weighted by atomic mass is 9.47. The van der Waals surface area contributed by atoms with Crippen LogP contribution in [0.25, 0.3) is 0 Å². The lowest BCUT2D eigenvalue weighted by Gasteiger charge is -2.58. The van der Waals surface area contributed by atoms with Crippen molar-refractivity contribution in [3.05, 3.63) is 71.8 Å². The molecule has 4 fully saturated rings. The van der Waals surface area contributed by atoms with E-state index in [1.807, 2.05) is 30.3 Å². The number of allylic oxidation sites excluding steroid dienone is 5. The number of likely N-dealkylation sites (tertiary alicyclic amines) is 1. The fraction of sp³-hybridized carbons (Fsp3) is 0.781. The third-order valence-corrected chi connectivity index (χ3v) is 19.0. The van der Waals surface area contributed by atoms with Crippen molar-refractivity contribution in [2.45, 2.75) is 226 Å². The standard InChI is InChI=1S/C64H102N2O6/c1-50(2)28-27-32-52-31-23-17-15-13-11-9-7-5-6-8-10-12-14-16-18-26-43-69-49-55(48-66-41-24-20-25-42-66)70-44-45-71-61(67)60(46-51-29-21-19-22-30-51)65-62(68)72-54-37-39-63(3)53(47-54)33-34-56-58-36-35-57(52)64(58,4)40-38-59(56)63/h5-6,9,11,19,21-22,29-30,33,50,52,54-60H,7-8,10,12-18,20,23-28,31-32,34-49H2,1-4H3,(H,65,68)/t52-,54?,55?,56+,57-,58+,59?,60+,63+,64-/m1/s1. The monoisotopic (exact) mass is 995 g/mol. The minimum absolute atomic E-state index is 0.0912. The Kier molecular flexibility index (Phi) is 23.6. The van der Waals surface area contributed by atoms with Gasteiger partial charge in [-0.05, 0) is 161 Å². The van der Waals surface area contributed by atoms with Crippen molar-refractivity contribution in [3.63, 3.8) is 0 Å². The smallest absolute Gasteiger partial charge is 0.408 e. The van der Waals surface area contributed by atoms with Gasteiger partial charge in [-0.3, -0.25) is 0 Å². The number of nitrogens with one attached hydrogen (secondary N) is 1. The number of carbonyl (C=O) groups excluding carboxylic acids is 2. The number of carbonyl (C=O) groups is 2. The van der Waals surface area contributed by atoms with E-state index in [0.717, 1.165) is 93.5 Å². The first-order chi connectivity index (χ1) is 35.1. The highest BCUT2D eigenvalue weighted by Gasteiger charge is 2.59. The fourth-order valence-corrected chi connectivity index (χ4v) is 15.0. The minimum atomic E-state index is -0.869. The van der Waals surface area contributed by atoms with Gasteiger partial charge in [-0.15, -0.1) is 0 Å². The molecular weight excluding hydrogens is 893 g/mol. The van der Waals surface area contributed by atoms with Crippen LogP contribution in [0.15, 0.2) is 66.3 Å². The van der Waals surface area contributed by atoms with E-state index >= 15 is 0 Å². The quantitative estimate of drug-likeness (QED) is 0.205. The van der Waals surface area contributed by atoms with Gasteiger partial charge in [0.15, 0.2) is 0 Å². The van der Waals surface area contributed by atoms with Crippen LogP contribution in [0.2, 0.25) is 0 Å². The van der Waals surface area contributed by atoms with E-state index in [2.05, 4.69) is 68.3 Å². The van der Waals surface area contributed by atoms with Crippen molar-refractivity contribution in [1.29, 1.82) is 0 Å². The van der Waals surface area contributed by atoms with Crippen molar-refractivity contribution in [1.82, 2.24) is 10.2 Å². The summed E-state index contributed by atoms with van der Waals surface area (Å²) in [5, 5.41) is 2.96. The van der Waals surface area contributed by atoms with Gasteiger partial charge in [0.25, 0.3) is 0 Å². The molecule has 3 unspecified atom stereocenters. The fourth-order valence-electron chi connectivity index (χ4n) is 15.0. The number of hydrogen-bond acceptors (Lipinski definition) is 7. The average Bonchev–Trinajstić information content (AvgIpc) is 3.73. The average molecular weight is 996 g/mol. The molecule has 4 aliphatic heterocycles. The minimum Gasteiger partial charge on any atom is -0.462 e. The number of rotatable bonds is 8. The number of fused-ring (bicyclic) bond motifs is 1. The van der Waals surface area contributed by atoms with Gasteiger partial charge in [-0.25, -0.2) is 9.59 Å². The van der Waals surface area contributed by atoms with Gasteiger partial charge in [0.1, 0.15) is 18.8 Å². The Bertz CT molecular complexity index is 1820. The molecule has 0 spiro atoms. The first-order valence-corrected chi connectivity index (χ1v) is 30.2. The summed E-state index contributed by atoms with van der Waals surface area (Å²) in [5.74, 6) is 4.31. The van der Waals surface area contributed by atoms with Crippen LogP contribution < -0.4 is 5.32 Å². The first-order valence-electron chi connectivity index (χ1n) is 30.2. The topological polar surface area (TPSA) is 86.3 Å². The largest absolute Gasteiger partial charge is 0.462 e. The van der Waals surface area contributed by atoms with Crippen molar-refractivity contribution in [2.24, 2.45) is 46.3 Å². The van der Waals surface area contributed by atoms with Crippen LogP contribution in [0.1, 0.15) is 207 Å².